The first-order chi connectivity index (χ1) is 17.1. The van der Waals surface area contributed by atoms with E-state index < -0.39 is 54.5 Å². The second-order valence-corrected chi connectivity index (χ2v) is 9.23. The van der Waals surface area contributed by atoms with E-state index in [4.69, 9.17) is 11.5 Å². The molecule has 0 saturated heterocycles. The Labute approximate surface area is 214 Å². The Morgan fingerprint density at radius 3 is 2.06 bits per heavy atom. The topological polar surface area (TPSA) is 217 Å². The predicted octanol–water partition coefficient (Wildman–Crippen LogP) is -1.32. The number of hydrogen-bond acceptors (Lipinski definition) is 9. The normalized spacial score (nSPS) is 14.2. The smallest absolute Gasteiger partial charge is 0.326 e. The number of aliphatic carboxylic acids is 1. The molecule has 0 radical (unpaired) electrons. The van der Waals surface area contributed by atoms with Crippen LogP contribution in [0.1, 0.15) is 31.2 Å². The maximum absolute atomic E-state index is 12.9. The minimum absolute atomic E-state index is 0.0114. The molecule has 12 nitrogen and oxygen atoms in total. The Morgan fingerprint density at radius 2 is 1.50 bits per heavy atom. The number of carbonyl (C=O) groups excluding carboxylic acids is 3. The van der Waals surface area contributed by atoms with Gasteiger partial charge < -0.3 is 42.7 Å². The Hall–Kier alpha value is -2.87. The fraction of sp³-hybridized carbons (Fsp3) is 0.565. The number of nitrogens with two attached hydrogens (primary N) is 2. The number of aliphatic hydroxyl groups is 1. The molecule has 4 atom stereocenters. The van der Waals surface area contributed by atoms with Crippen molar-refractivity contribution in [2.24, 2.45) is 11.5 Å². The molecule has 0 aliphatic rings. The third-order valence-corrected chi connectivity index (χ3v) is 6.00. The molecule has 202 valence electrons. The number of phenols is 1. The molecule has 36 heavy (non-hydrogen) atoms. The fourth-order valence-electron chi connectivity index (χ4n) is 3.23. The molecule has 10 N–H and O–H groups in total. The van der Waals surface area contributed by atoms with Gasteiger partial charge in [0.15, 0.2) is 0 Å². The van der Waals surface area contributed by atoms with Gasteiger partial charge in [0.05, 0.1) is 12.6 Å². The van der Waals surface area contributed by atoms with Gasteiger partial charge in [0.2, 0.25) is 17.7 Å². The summed E-state index contributed by atoms with van der Waals surface area (Å²) >= 11 is 1.46. The quantitative estimate of drug-likeness (QED) is 0.112. The average molecular weight is 528 g/mol. The van der Waals surface area contributed by atoms with Gasteiger partial charge in [0, 0.05) is 6.42 Å². The highest BCUT2D eigenvalue weighted by molar-refractivity contribution is 7.98. The number of rotatable bonds is 17. The molecular formula is C23H37N5O7S. The van der Waals surface area contributed by atoms with E-state index in [0.29, 0.717) is 30.7 Å². The second-order valence-electron chi connectivity index (χ2n) is 8.25. The van der Waals surface area contributed by atoms with Gasteiger partial charge in [-0.15, -0.1) is 0 Å². The minimum Gasteiger partial charge on any atom is -0.508 e. The van der Waals surface area contributed by atoms with Crippen LogP contribution in [0.3, 0.4) is 0 Å². The lowest BCUT2D eigenvalue weighted by atomic mass is 10.1. The molecule has 1 rings (SSSR count). The molecule has 1 aromatic rings. The molecule has 3 amide bonds. The Kier molecular flexibility index (Phi) is 14.5. The van der Waals surface area contributed by atoms with Gasteiger partial charge in [-0.3, -0.25) is 14.4 Å². The largest absolute Gasteiger partial charge is 0.508 e. The van der Waals surface area contributed by atoms with E-state index in [9.17, 15) is 34.5 Å². The van der Waals surface area contributed by atoms with Crippen LogP contribution in [0.4, 0.5) is 0 Å². The van der Waals surface area contributed by atoms with Crippen LogP contribution in [-0.2, 0) is 25.6 Å². The van der Waals surface area contributed by atoms with Gasteiger partial charge >= 0.3 is 5.97 Å². The summed E-state index contributed by atoms with van der Waals surface area (Å²) in [5.41, 5.74) is 11.9. The first-order valence-corrected chi connectivity index (χ1v) is 13.0. The van der Waals surface area contributed by atoms with Gasteiger partial charge in [0.25, 0.3) is 0 Å². The van der Waals surface area contributed by atoms with Crippen LogP contribution in [0.25, 0.3) is 0 Å². The summed E-state index contributed by atoms with van der Waals surface area (Å²) in [6.45, 7) is -0.305. The van der Waals surface area contributed by atoms with E-state index in [1.807, 2.05) is 6.26 Å². The maximum atomic E-state index is 12.9. The molecule has 0 spiro atoms. The summed E-state index contributed by atoms with van der Waals surface area (Å²) in [5.74, 6) is -2.88. The number of aromatic hydroxyl groups is 1. The number of carbonyl (C=O) groups is 4. The average Bonchev–Trinajstić information content (AvgIpc) is 2.85. The molecule has 0 aliphatic carbocycles. The third kappa shape index (κ3) is 11.2. The van der Waals surface area contributed by atoms with Crippen LogP contribution in [0.5, 0.6) is 5.75 Å². The van der Waals surface area contributed by atoms with Gasteiger partial charge in [-0.05, 0) is 55.5 Å². The van der Waals surface area contributed by atoms with E-state index in [1.54, 1.807) is 0 Å². The van der Waals surface area contributed by atoms with Crippen LogP contribution >= 0.6 is 11.8 Å². The summed E-state index contributed by atoms with van der Waals surface area (Å²) in [6, 6.07) is 1.21. The van der Waals surface area contributed by atoms with Crippen LogP contribution in [0.15, 0.2) is 24.3 Å². The SMILES string of the molecule is CSCCC(NC(=O)C(N)CCCCN)C(=O)NC(CO)C(=O)NC(Cc1ccc(O)cc1)C(=O)O. The van der Waals surface area contributed by atoms with Crippen LogP contribution < -0.4 is 27.4 Å². The summed E-state index contributed by atoms with van der Waals surface area (Å²) in [4.78, 5) is 49.7. The van der Waals surface area contributed by atoms with E-state index in [-0.39, 0.29) is 18.6 Å². The second kappa shape index (κ2) is 16.7. The van der Waals surface area contributed by atoms with Crippen molar-refractivity contribution in [3.63, 3.8) is 0 Å². The van der Waals surface area contributed by atoms with Crippen molar-refractivity contribution in [1.82, 2.24) is 16.0 Å². The Bertz CT molecular complexity index is 856. The highest BCUT2D eigenvalue weighted by atomic mass is 32.2. The zero-order chi connectivity index (χ0) is 27.1. The van der Waals surface area contributed by atoms with Crippen molar-refractivity contribution in [2.75, 3.05) is 25.2 Å². The number of unbranched alkanes of at least 4 members (excludes halogenated alkanes) is 1. The molecule has 0 aliphatic heterocycles. The molecular weight excluding hydrogens is 490 g/mol. The number of aliphatic hydroxyl groups excluding tert-OH is 1. The van der Waals surface area contributed by atoms with Gasteiger partial charge in [0.1, 0.15) is 23.9 Å². The molecule has 0 heterocycles. The van der Waals surface area contributed by atoms with E-state index in [2.05, 4.69) is 16.0 Å². The summed E-state index contributed by atoms with van der Waals surface area (Å²) < 4.78 is 0. The van der Waals surface area contributed by atoms with Crippen molar-refractivity contribution < 1.29 is 34.5 Å². The minimum atomic E-state index is -1.44. The maximum Gasteiger partial charge on any atom is 0.326 e. The van der Waals surface area contributed by atoms with Crippen LogP contribution in [-0.4, -0.2) is 88.3 Å². The lowest BCUT2D eigenvalue weighted by Crippen LogP contribution is -2.58. The zero-order valence-corrected chi connectivity index (χ0v) is 21.1. The molecule has 0 fully saturated rings. The number of phenolic OH excluding ortho intramolecular Hbond substituents is 1. The van der Waals surface area contributed by atoms with Gasteiger partial charge in [-0.25, -0.2) is 4.79 Å². The highest BCUT2D eigenvalue weighted by Gasteiger charge is 2.30. The summed E-state index contributed by atoms with van der Waals surface area (Å²) in [7, 11) is 0. The van der Waals surface area contributed by atoms with Crippen molar-refractivity contribution in [2.45, 2.75) is 56.3 Å². The number of carboxylic acids is 1. The molecule has 0 bridgehead atoms. The first kappa shape index (κ1) is 31.2. The fourth-order valence-corrected chi connectivity index (χ4v) is 3.70. The Balaban J connectivity index is 2.82. The molecule has 13 heteroatoms. The molecule has 1 aromatic carbocycles. The number of hydrogen-bond donors (Lipinski definition) is 8. The van der Waals surface area contributed by atoms with Crippen LogP contribution in [0, 0.1) is 0 Å². The van der Waals surface area contributed by atoms with Gasteiger partial charge in [-0.2, -0.15) is 11.8 Å². The van der Waals surface area contributed by atoms with E-state index in [1.165, 1.54) is 36.0 Å². The number of nitrogens with one attached hydrogen (secondary N) is 3. The molecule has 4 unspecified atom stereocenters. The zero-order valence-electron chi connectivity index (χ0n) is 20.3. The van der Waals surface area contributed by atoms with E-state index >= 15 is 0 Å². The summed E-state index contributed by atoms with van der Waals surface area (Å²) in [6.07, 6.45) is 3.79. The number of carboxylic acid groups (broad SMARTS) is 1. The molecule has 0 saturated carbocycles. The number of thioether (sulfide) groups is 1. The van der Waals surface area contributed by atoms with Gasteiger partial charge in [-0.1, -0.05) is 18.6 Å². The predicted molar refractivity (Wildman–Crippen MR) is 136 cm³/mol. The van der Waals surface area contributed by atoms with Crippen LogP contribution in [0.2, 0.25) is 0 Å². The van der Waals surface area contributed by atoms with Crippen molar-refractivity contribution in [3.8, 4) is 5.75 Å². The van der Waals surface area contributed by atoms with Crippen molar-refractivity contribution >= 4 is 35.5 Å². The van der Waals surface area contributed by atoms with E-state index in [0.717, 1.165) is 6.42 Å². The lowest BCUT2D eigenvalue weighted by molar-refractivity contribution is -0.142. The first-order valence-electron chi connectivity index (χ1n) is 11.6. The third-order valence-electron chi connectivity index (χ3n) is 5.36. The number of benzene rings is 1. The molecule has 0 aromatic heterocycles. The number of amides is 3. The highest BCUT2D eigenvalue weighted by Crippen LogP contribution is 2.12. The van der Waals surface area contributed by atoms with Crippen molar-refractivity contribution in [3.05, 3.63) is 29.8 Å². The Morgan fingerprint density at radius 1 is 0.917 bits per heavy atom. The monoisotopic (exact) mass is 527 g/mol. The lowest BCUT2D eigenvalue weighted by Gasteiger charge is -2.24. The van der Waals surface area contributed by atoms with Crippen molar-refractivity contribution in [1.29, 1.82) is 0 Å². The summed E-state index contributed by atoms with van der Waals surface area (Å²) in [5, 5.41) is 35.9. The standard InChI is InChI=1S/C23H37N5O7S/c1-36-11-9-17(26-20(31)16(25)4-2-3-10-24)21(32)28-19(13-29)22(33)27-18(23(34)35)12-14-5-7-15(30)8-6-14/h5-8,16-19,29-30H,2-4,9-13,24-25H2,1H3,(H,26,31)(H,27,33)(H,28,32)(H,34,35).